The highest BCUT2D eigenvalue weighted by Crippen LogP contribution is 2.28. The summed E-state index contributed by atoms with van der Waals surface area (Å²) in [5, 5.41) is 14.4. The molecular formula is C12H12N4O4. The molecule has 0 bridgehead atoms. The van der Waals surface area contributed by atoms with Gasteiger partial charge in [-0.25, -0.2) is 9.59 Å². The smallest absolute Gasteiger partial charge is 0.340 e. The Kier molecular flexibility index (Phi) is 3.30. The minimum Gasteiger partial charge on any atom is -0.478 e. The Labute approximate surface area is 113 Å². The molecule has 1 heterocycles. The molecule has 0 unspecified atom stereocenters. The van der Waals surface area contributed by atoms with Crippen LogP contribution in [0.3, 0.4) is 0 Å². The lowest BCUT2D eigenvalue weighted by Gasteiger charge is -2.01. The molecule has 20 heavy (non-hydrogen) atoms. The fourth-order valence-corrected chi connectivity index (χ4v) is 1.92. The Balaban J connectivity index is 2.57. The second-order valence-corrected chi connectivity index (χ2v) is 4.11. The number of hydrogen-bond acceptors (Lipinski definition) is 3. The number of rotatable bonds is 3. The molecule has 3 amide bonds. The standard InChI is InChI=1S/C12H12N4O4/c1-5(17)14-6-2-3-7-8(4-6)15-10(16-12(13)20)9(7)11(18)19/h2-4,15H,1H3,(H,14,17)(H,18,19)(H3,13,16,20). The number of carboxylic acids is 1. The number of aromatic nitrogens is 1. The summed E-state index contributed by atoms with van der Waals surface area (Å²) in [7, 11) is 0. The number of primary amides is 1. The summed E-state index contributed by atoms with van der Waals surface area (Å²) in [6.45, 7) is 1.36. The van der Waals surface area contributed by atoms with Gasteiger partial charge in [0.05, 0.1) is 0 Å². The van der Waals surface area contributed by atoms with E-state index in [1.54, 1.807) is 12.1 Å². The van der Waals surface area contributed by atoms with Crippen LogP contribution in [-0.4, -0.2) is 28.0 Å². The van der Waals surface area contributed by atoms with E-state index in [0.29, 0.717) is 16.6 Å². The van der Waals surface area contributed by atoms with Crippen molar-refractivity contribution in [3.05, 3.63) is 23.8 Å². The van der Waals surface area contributed by atoms with Crippen molar-refractivity contribution >= 4 is 40.3 Å². The average Bonchev–Trinajstić information content (AvgIpc) is 2.63. The molecule has 2 aromatic rings. The van der Waals surface area contributed by atoms with Gasteiger partial charge in [0.1, 0.15) is 11.4 Å². The van der Waals surface area contributed by atoms with Gasteiger partial charge < -0.3 is 21.1 Å². The number of carbonyl (C=O) groups is 3. The van der Waals surface area contributed by atoms with Gasteiger partial charge in [0, 0.05) is 23.5 Å². The van der Waals surface area contributed by atoms with Crippen molar-refractivity contribution in [1.29, 1.82) is 0 Å². The first-order chi connectivity index (χ1) is 9.38. The van der Waals surface area contributed by atoms with Gasteiger partial charge in [0.15, 0.2) is 0 Å². The third-order valence-corrected chi connectivity index (χ3v) is 2.58. The highest BCUT2D eigenvalue weighted by atomic mass is 16.4. The minimum absolute atomic E-state index is 0.0000231. The number of fused-ring (bicyclic) bond motifs is 1. The number of anilines is 2. The number of carboxylic acid groups (broad SMARTS) is 1. The van der Waals surface area contributed by atoms with Crippen molar-refractivity contribution in [2.75, 3.05) is 10.6 Å². The Morgan fingerprint density at radius 3 is 2.50 bits per heavy atom. The minimum atomic E-state index is -1.20. The van der Waals surface area contributed by atoms with E-state index in [-0.39, 0.29) is 17.3 Å². The highest BCUT2D eigenvalue weighted by molar-refractivity contribution is 6.11. The van der Waals surface area contributed by atoms with Crippen LogP contribution in [0.1, 0.15) is 17.3 Å². The van der Waals surface area contributed by atoms with Crippen LogP contribution in [-0.2, 0) is 4.79 Å². The Morgan fingerprint density at radius 1 is 1.25 bits per heavy atom. The van der Waals surface area contributed by atoms with Crippen LogP contribution in [0.5, 0.6) is 0 Å². The van der Waals surface area contributed by atoms with E-state index in [9.17, 15) is 19.5 Å². The third kappa shape index (κ3) is 2.53. The summed E-state index contributed by atoms with van der Waals surface area (Å²) in [5.41, 5.74) is 5.87. The zero-order chi connectivity index (χ0) is 14.9. The lowest BCUT2D eigenvalue weighted by Crippen LogP contribution is -2.20. The van der Waals surface area contributed by atoms with Crippen molar-refractivity contribution in [3.8, 4) is 0 Å². The number of aromatic amines is 1. The second-order valence-electron chi connectivity index (χ2n) is 4.11. The first kappa shape index (κ1) is 13.4. The SMILES string of the molecule is CC(=O)Nc1ccc2c(C(=O)O)c(NC(N)=O)[nH]c2c1. The summed E-state index contributed by atoms with van der Waals surface area (Å²) in [6.07, 6.45) is 0. The molecule has 1 aromatic carbocycles. The normalized spacial score (nSPS) is 10.2. The van der Waals surface area contributed by atoms with Gasteiger partial charge in [-0.05, 0) is 18.2 Å². The van der Waals surface area contributed by atoms with E-state index < -0.39 is 12.0 Å². The first-order valence-corrected chi connectivity index (χ1v) is 5.61. The molecule has 0 aliphatic carbocycles. The molecule has 0 saturated carbocycles. The van der Waals surface area contributed by atoms with Crippen LogP contribution >= 0.6 is 0 Å². The molecule has 0 saturated heterocycles. The van der Waals surface area contributed by atoms with Gasteiger partial charge in [0.25, 0.3) is 0 Å². The molecule has 0 aliphatic heterocycles. The molecule has 1 aromatic heterocycles. The van der Waals surface area contributed by atoms with Crippen molar-refractivity contribution < 1.29 is 19.5 Å². The number of benzene rings is 1. The number of nitrogens with two attached hydrogens (primary N) is 1. The number of hydrogen-bond donors (Lipinski definition) is 5. The Hall–Kier alpha value is -3.03. The van der Waals surface area contributed by atoms with Crippen molar-refractivity contribution in [2.24, 2.45) is 5.73 Å². The molecule has 0 aliphatic rings. The average molecular weight is 276 g/mol. The number of H-pyrrole nitrogens is 1. The number of carbonyl (C=O) groups excluding carboxylic acids is 2. The quantitative estimate of drug-likeness (QED) is 0.577. The van der Waals surface area contributed by atoms with Crippen LogP contribution in [0, 0.1) is 0 Å². The highest BCUT2D eigenvalue weighted by Gasteiger charge is 2.19. The van der Waals surface area contributed by atoms with E-state index in [4.69, 9.17) is 5.73 Å². The maximum absolute atomic E-state index is 11.3. The number of urea groups is 1. The molecule has 0 radical (unpaired) electrons. The molecule has 104 valence electrons. The predicted molar refractivity (Wildman–Crippen MR) is 72.8 cm³/mol. The van der Waals surface area contributed by atoms with Gasteiger partial charge in [-0.3, -0.25) is 10.1 Å². The molecule has 0 atom stereocenters. The second kappa shape index (κ2) is 4.92. The molecule has 6 N–H and O–H groups in total. The van der Waals surface area contributed by atoms with Gasteiger partial charge in [-0.15, -0.1) is 0 Å². The maximum Gasteiger partial charge on any atom is 0.340 e. The molecule has 8 nitrogen and oxygen atoms in total. The lowest BCUT2D eigenvalue weighted by atomic mass is 10.1. The van der Waals surface area contributed by atoms with Crippen molar-refractivity contribution in [2.45, 2.75) is 6.92 Å². The summed E-state index contributed by atoms with van der Waals surface area (Å²) >= 11 is 0. The predicted octanol–water partition coefficient (Wildman–Crippen LogP) is 1.32. The van der Waals surface area contributed by atoms with Crippen molar-refractivity contribution in [1.82, 2.24) is 4.98 Å². The monoisotopic (exact) mass is 276 g/mol. The van der Waals surface area contributed by atoms with Gasteiger partial charge in [-0.2, -0.15) is 0 Å². The van der Waals surface area contributed by atoms with Gasteiger partial charge in [0.2, 0.25) is 5.91 Å². The largest absolute Gasteiger partial charge is 0.478 e. The van der Waals surface area contributed by atoms with Crippen LogP contribution in [0.25, 0.3) is 10.9 Å². The van der Waals surface area contributed by atoms with Crippen LogP contribution < -0.4 is 16.4 Å². The van der Waals surface area contributed by atoms with Crippen molar-refractivity contribution in [3.63, 3.8) is 0 Å². The Morgan fingerprint density at radius 2 is 1.95 bits per heavy atom. The zero-order valence-electron chi connectivity index (χ0n) is 10.5. The molecular weight excluding hydrogens is 264 g/mol. The van der Waals surface area contributed by atoms with Crippen LogP contribution in [0.4, 0.5) is 16.3 Å². The topological polar surface area (TPSA) is 137 Å². The zero-order valence-corrected chi connectivity index (χ0v) is 10.5. The maximum atomic E-state index is 11.3. The molecule has 0 fully saturated rings. The van der Waals surface area contributed by atoms with Crippen LogP contribution in [0.2, 0.25) is 0 Å². The first-order valence-electron chi connectivity index (χ1n) is 5.61. The molecule has 2 rings (SSSR count). The summed E-state index contributed by atoms with van der Waals surface area (Å²) < 4.78 is 0. The van der Waals surface area contributed by atoms with Gasteiger partial charge >= 0.3 is 12.0 Å². The van der Waals surface area contributed by atoms with E-state index in [1.807, 2.05) is 0 Å². The van der Waals surface area contributed by atoms with E-state index >= 15 is 0 Å². The Bertz CT molecular complexity index is 720. The van der Waals surface area contributed by atoms with Gasteiger partial charge in [-0.1, -0.05) is 0 Å². The molecule has 0 spiro atoms. The fourth-order valence-electron chi connectivity index (χ4n) is 1.92. The summed E-state index contributed by atoms with van der Waals surface area (Å²) in [5.74, 6) is -1.45. The van der Waals surface area contributed by atoms with Crippen LogP contribution in [0.15, 0.2) is 18.2 Å². The third-order valence-electron chi connectivity index (χ3n) is 2.58. The van der Waals surface area contributed by atoms with E-state index in [2.05, 4.69) is 15.6 Å². The molecule has 8 heteroatoms. The van der Waals surface area contributed by atoms with E-state index in [1.165, 1.54) is 13.0 Å². The fraction of sp³-hybridized carbons (Fsp3) is 0.0833. The summed E-state index contributed by atoms with van der Waals surface area (Å²) in [6, 6.07) is 3.79. The number of nitrogens with one attached hydrogen (secondary N) is 3. The summed E-state index contributed by atoms with van der Waals surface area (Å²) in [4.78, 5) is 35.9. The lowest BCUT2D eigenvalue weighted by molar-refractivity contribution is -0.114. The number of amides is 3. The number of aromatic carboxylic acids is 1. The van der Waals surface area contributed by atoms with E-state index in [0.717, 1.165) is 0 Å².